The van der Waals surface area contributed by atoms with Crippen LogP contribution in [0.25, 0.3) is 0 Å². The van der Waals surface area contributed by atoms with Gasteiger partial charge in [-0.2, -0.15) is 0 Å². The van der Waals surface area contributed by atoms with Gasteiger partial charge in [-0.15, -0.1) is 0 Å². The molecule has 1 unspecified atom stereocenters. The van der Waals surface area contributed by atoms with Crippen molar-refractivity contribution in [3.63, 3.8) is 0 Å². The third kappa shape index (κ3) is 4.42. The molecule has 2 aromatic rings. The van der Waals surface area contributed by atoms with Gasteiger partial charge in [0.05, 0.1) is 5.56 Å². The van der Waals surface area contributed by atoms with Crippen molar-refractivity contribution in [1.29, 1.82) is 0 Å². The molecule has 1 saturated heterocycles. The van der Waals surface area contributed by atoms with Gasteiger partial charge in [0.1, 0.15) is 23.5 Å². The van der Waals surface area contributed by atoms with Crippen LogP contribution in [-0.4, -0.2) is 49.0 Å². The summed E-state index contributed by atoms with van der Waals surface area (Å²) in [6, 6.07) is 8.38. The molecule has 1 aromatic carbocycles. The Morgan fingerprint density at radius 3 is 2.37 bits per heavy atom. The highest BCUT2D eigenvalue weighted by atomic mass is 19.1. The fraction of sp³-hybridized carbons (Fsp3) is 0.400. The van der Waals surface area contributed by atoms with Crippen molar-refractivity contribution >= 4 is 11.7 Å². The molecule has 1 atom stereocenters. The van der Waals surface area contributed by atoms with Crippen molar-refractivity contribution in [2.24, 2.45) is 0 Å². The van der Waals surface area contributed by atoms with Gasteiger partial charge in [0, 0.05) is 25.3 Å². The average molecular weight is 374 g/mol. The minimum absolute atomic E-state index is 0.0326. The fourth-order valence-electron chi connectivity index (χ4n) is 3.47. The van der Waals surface area contributed by atoms with E-state index in [1.807, 2.05) is 18.2 Å². The summed E-state index contributed by atoms with van der Waals surface area (Å²) in [4.78, 5) is 20.8. The maximum atomic E-state index is 14.2. The van der Waals surface area contributed by atoms with Crippen molar-refractivity contribution < 1.29 is 13.6 Å². The van der Waals surface area contributed by atoms with Gasteiger partial charge in [-0.25, -0.2) is 13.8 Å². The highest BCUT2D eigenvalue weighted by molar-refractivity contribution is 5.83. The van der Waals surface area contributed by atoms with Gasteiger partial charge in [0.2, 0.25) is 5.91 Å². The molecule has 2 heterocycles. The first kappa shape index (κ1) is 19.2. The molecule has 7 heteroatoms. The van der Waals surface area contributed by atoms with Gasteiger partial charge >= 0.3 is 0 Å². The standard InChI is InChI=1S/C20H24F2N4O/c1-25(2)19(18-15(21)6-5-7-16(18)22)20(27)24-14-9-12-26(13-10-14)17-8-3-4-11-23-17/h3-8,11,14,19H,9-10,12-13H2,1-2H3,(H,24,27). The zero-order valence-electron chi connectivity index (χ0n) is 15.5. The van der Waals surface area contributed by atoms with Crippen LogP contribution in [0.2, 0.25) is 0 Å². The van der Waals surface area contributed by atoms with Gasteiger partial charge < -0.3 is 10.2 Å². The largest absolute Gasteiger partial charge is 0.356 e. The molecule has 27 heavy (non-hydrogen) atoms. The Labute approximate surface area is 158 Å². The van der Waals surface area contributed by atoms with E-state index in [0.717, 1.165) is 31.7 Å². The monoisotopic (exact) mass is 374 g/mol. The van der Waals surface area contributed by atoms with Gasteiger partial charge in [0.25, 0.3) is 0 Å². The van der Waals surface area contributed by atoms with Crippen LogP contribution in [0, 0.1) is 11.6 Å². The second-order valence-corrected chi connectivity index (χ2v) is 6.96. The lowest BCUT2D eigenvalue weighted by molar-refractivity contribution is -0.126. The van der Waals surface area contributed by atoms with Gasteiger partial charge in [0.15, 0.2) is 0 Å². The van der Waals surface area contributed by atoms with Crippen molar-refractivity contribution in [2.45, 2.75) is 24.9 Å². The Bertz CT molecular complexity index is 757. The number of amides is 1. The second kappa shape index (κ2) is 8.43. The number of nitrogens with zero attached hydrogens (tertiary/aromatic N) is 3. The summed E-state index contributed by atoms with van der Waals surface area (Å²) >= 11 is 0. The molecular weight excluding hydrogens is 350 g/mol. The summed E-state index contributed by atoms with van der Waals surface area (Å²) in [5.74, 6) is -0.898. The molecule has 1 fully saturated rings. The van der Waals surface area contributed by atoms with Gasteiger partial charge in [-0.3, -0.25) is 9.69 Å². The van der Waals surface area contributed by atoms with E-state index in [1.165, 1.54) is 23.1 Å². The maximum Gasteiger partial charge on any atom is 0.242 e. The molecule has 0 spiro atoms. The Morgan fingerprint density at radius 2 is 1.81 bits per heavy atom. The number of aromatic nitrogens is 1. The molecule has 0 radical (unpaired) electrons. The molecule has 1 aliphatic heterocycles. The van der Waals surface area contributed by atoms with Crippen LogP contribution < -0.4 is 10.2 Å². The number of hydrogen-bond acceptors (Lipinski definition) is 4. The molecule has 1 aromatic heterocycles. The topological polar surface area (TPSA) is 48.5 Å². The Kier molecular flexibility index (Phi) is 6.01. The van der Waals surface area contributed by atoms with Crippen LogP contribution in [-0.2, 0) is 4.79 Å². The van der Waals surface area contributed by atoms with Crippen molar-refractivity contribution in [1.82, 2.24) is 15.2 Å². The van der Waals surface area contributed by atoms with E-state index in [2.05, 4.69) is 15.2 Å². The van der Waals surface area contributed by atoms with Crippen molar-refractivity contribution in [3.05, 3.63) is 59.8 Å². The molecule has 5 nitrogen and oxygen atoms in total. The Balaban J connectivity index is 1.65. The molecule has 3 rings (SSSR count). The first-order valence-corrected chi connectivity index (χ1v) is 9.04. The number of rotatable bonds is 5. The Morgan fingerprint density at radius 1 is 1.15 bits per heavy atom. The first-order chi connectivity index (χ1) is 13.0. The number of piperidine rings is 1. The lowest BCUT2D eigenvalue weighted by Crippen LogP contribution is -2.48. The summed E-state index contributed by atoms with van der Waals surface area (Å²) in [5, 5.41) is 2.96. The van der Waals surface area contributed by atoms with Crippen LogP contribution in [0.5, 0.6) is 0 Å². The number of pyridine rings is 1. The number of hydrogen-bond donors (Lipinski definition) is 1. The first-order valence-electron chi connectivity index (χ1n) is 9.04. The predicted octanol–water partition coefficient (Wildman–Crippen LogP) is 2.75. The molecule has 0 bridgehead atoms. The van der Waals surface area contributed by atoms with Gasteiger partial charge in [-0.05, 0) is 51.2 Å². The van der Waals surface area contributed by atoms with Crippen LogP contribution in [0.15, 0.2) is 42.6 Å². The minimum Gasteiger partial charge on any atom is -0.356 e. The smallest absolute Gasteiger partial charge is 0.242 e. The third-order valence-corrected chi connectivity index (χ3v) is 4.85. The quantitative estimate of drug-likeness (QED) is 0.874. The lowest BCUT2D eigenvalue weighted by Gasteiger charge is -2.34. The lowest BCUT2D eigenvalue weighted by atomic mass is 10.0. The van der Waals surface area contributed by atoms with Crippen LogP contribution in [0.4, 0.5) is 14.6 Å². The van der Waals surface area contributed by atoms with Crippen molar-refractivity contribution in [2.75, 3.05) is 32.1 Å². The number of carbonyl (C=O) groups excluding carboxylic acids is 1. The van der Waals surface area contributed by atoms with Crippen LogP contribution in [0.3, 0.4) is 0 Å². The molecule has 1 aliphatic rings. The van der Waals surface area contributed by atoms with E-state index in [0.29, 0.717) is 0 Å². The molecule has 144 valence electrons. The number of nitrogens with one attached hydrogen (secondary N) is 1. The SMILES string of the molecule is CN(C)C(C(=O)NC1CCN(c2ccccn2)CC1)c1c(F)cccc1F. The minimum atomic E-state index is -1.01. The normalized spacial score (nSPS) is 16.4. The zero-order valence-corrected chi connectivity index (χ0v) is 15.5. The summed E-state index contributed by atoms with van der Waals surface area (Å²) < 4.78 is 28.4. The number of carbonyl (C=O) groups is 1. The maximum absolute atomic E-state index is 14.2. The summed E-state index contributed by atoms with van der Waals surface area (Å²) in [6.07, 6.45) is 3.26. The highest BCUT2D eigenvalue weighted by Crippen LogP contribution is 2.25. The van der Waals surface area contributed by atoms with E-state index in [1.54, 1.807) is 20.3 Å². The predicted molar refractivity (Wildman–Crippen MR) is 100 cm³/mol. The van der Waals surface area contributed by atoms with E-state index < -0.39 is 17.7 Å². The van der Waals surface area contributed by atoms with E-state index in [9.17, 15) is 13.6 Å². The summed E-state index contributed by atoms with van der Waals surface area (Å²) in [7, 11) is 3.28. The molecule has 1 amide bonds. The van der Waals surface area contributed by atoms with Crippen LogP contribution >= 0.6 is 0 Å². The van der Waals surface area contributed by atoms with E-state index in [-0.39, 0.29) is 17.5 Å². The Hall–Kier alpha value is -2.54. The van der Waals surface area contributed by atoms with E-state index >= 15 is 0 Å². The van der Waals surface area contributed by atoms with Crippen LogP contribution in [0.1, 0.15) is 24.4 Å². The molecule has 1 N–H and O–H groups in total. The molecule has 0 aliphatic carbocycles. The summed E-state index contributed by atoms with van der Waals surface area (Å²) in [6.45, 7) is 1.53. The summed E-state index contributed by atoms with van der Waals surface area (Å²) in [5.41, 5.74) is -0.217. The number of benzene rings is 1. The number of anilines is 1. The molecular formula is C20H24F2N4O. The second-order valence-electron chi connectivity index (χ2n) is 6.96. The highest BCUT2D eigenvalue weighted by Gasteiger charge is 2.31. The van der Waals surface area contributed by atoms with E-state index in [4.69, 9.17) is 0 Å². The fourth-order valence-corrected chi connectivity index (χ4v) is 3.47. The number of likely N-dealkylation sites (N-methyl/N-ethyl adjacent to an activating group) is 1. The van der Waals surface area contributed by atoms with Crippen molar-refractivity contribution in [3.8, 4) is 0 Å². The molecule has 0 saturated carbocycles. The average Bonchev–Trinajstić information content (AvgIpc) is 2.65. The van der Waals surface area contributed by atoms with Gasteiger partial charge in [-0.1, -0.05) is 12.1 Å². The third-order valence-electron chi connectivity index (χ3n) is 4.85. The zero-order chi connectivity index (χ0) is 19.4. The number of halogens is 2.